The van der Waals surface area contributed by atoms with Gasteiger partial charge in [-0.15, -0.1) is 10.2 Å². The molecule has 0 saturated carbocycles. The molecule has 3 rings (SSSR count). The minimum absolute atomic E-state index is 0.0601. The van der Waals surface area contributed by atoms with Gasteiger partial charge in [-0.1, -0.05) is 0 Å². The summed E-state index contributed by atoms with van der Waals surface area (Å²) >= 11 is 0. The number of esters is 1. The molecule has 0 aliphatic heterocycles. The molecular weight excluding hydrogens is 345 g/mol. The monoisotopic (exact) mass is 357 g/mol. The molecule has 0 amide bonds. The second kappa shape index (κ2) is 7.09. The molecule has 0 spiro atoms. The highest BCUT2D eigenvalue weighted by atomic mass is 19.1. The summed E-state index contributed by atoms with van der Waals surface area (Å²) in [7, 11) is 0. The van der Waals surface area contributed by atoms with Crippen LogP contribution in [0.15, 0.2) is 52.9 Å². The number of hydrogen-bond acceptors (Lipinski definition) is 7. The fourth-order valence-electron chi connectivity index (χ4n) is 2.11. The number of benzene rings is 2. The van der Waals surface area contributed by atoms with Crippen LogP contribution in [0, 0.1) is 15.9 Å². The van der Waals surface area contributed by atoms with Crippen LogP contribution < -0.4 is 0 Å². The molecule has 0 N–H and O–H groups in total. The molecular formula is C17H12FN3O5. The maximum absolute atomic E-state index is 12.9. The molecule has 8 nitrogen and oxygen atoms in total. The van der Waals surface area contributed by atoms with Crippen molar-refractivity contribution in [1.29, 1.82) is 0 Å². The Kier molecular flexibility index (Phi) is 4.70. The van der Waals surface area contributed by atoms with Crippen molar-refractivity contribution in [2.45, 2.75) is 13.0 Å². The van der Waals surface area contributed by atoms with Gasteiger partial charge in [-0.2, -0.15) is 0 Å². The predicted octanol–water partition coefficient (Wildman–Crippen LogP) is 3.70. The van der Waals surface area contributed by atoms with Crippen LogP contribution in [0.1, 0.15) is 29.3 Å². The minimum atomic E-state index is -0.827. The summed E-state index contributed by atoms with van der Waals surface area (Å²) in [5, 5.41) is 18.3. The van der Waals surface area contributed by atoms with E-state index in [2.05, 4.69) is 10.2 Å². The Morgan fingerprint density at radius 2 is 1.81 bits per heavy atom. The van der Waals surface area contributed by atoms with E-state index in [1.54, 1.807) is 6.92 Å². The van der Waals surface area contributed by atoms with E-state index in [-0.39, 0.29) is 23.0 Å². The molecule has 0 fully saturated rings. The average molecular weight is 357 g/mol. The van der Waals surface area contributed by atoms with Gasteiger partial charge in [-0.3, -0.25) is 10.1 Å². The van der Waals surface area contributed by atoms with Crippen molar-refractivity contribution in [2.75, 3.05) is 0 Å². The van der Waals surface area contributed by atoms with Crippen molar-refractivity contribution in [3.05, 3.63) is 75.9 Å². The molecule has 1 atom stereocenters. The van der Waals surface area contributed by atoms with E-state index in [1.807, 2.05) is 0 Å². The van der Waals surface area contributed by atoms with Gasteiger partial charge < -0.3 is 9.15 Å². The number of hydrogen-bond donors (Lipinski definition) is 0. The number of rotatable bonds is 5. The molecule has 0 aliphatic carbocycles. The molecule has 0 aliphatic rings. The van der Waals surface area contributed by atoms with Crippen LogP contribution in [0.4, 0.5) is 10.1 Å². The molecule has 132 valence electrons. The zero-order valence-corrected chi connectivity index (χ0v) is 13.5. The molecule has 0 unspecified atom stereocenters. The van der Waals surface area contributed by atoms with E-state index in [0.29, 0.717) is 5.56 Å². The highest BCUT2D eigenvalue weighted by Gasteiger charge is 2.20. The Morgan fingerprint density at radius 3 is 2.42 bits per heavy atom. The molecule has 0 radical (unpaired) electrons. The van der Waals surface area contributed by atoms with Crippen LogP contribution >= 0.6 is 0 Å². The third-order valence-corrected chi connectivity index (χ3v) is 3.48. The molecule has 1 aromatic heterocycles. The summed E-state index contributed by atoms with van der Waals surface area (Å²) < 4.78 is 23.6. The van der Waals surface area contributed by atoms with Crippen LogP contribution in [0.5, 0.6) is 0 Å². The molecule has 0 bridgehead atoms. The quantitative estimate of drug-likeness (QED) is 0.389. The third kappa shape index (κ3) is 3.72. The van der Waals surface area contributed by atoms with Gasteiger partial charge in [0.15, 0.2) is 6.10 Å². The second-order valence-corrected chi connectivity index (χ2v) is 5.30. The van der Waals surface area contributed by atoms with Gasteiger partial charge in [-0.05, 0) is 43.3 Å². The maximum Gasteiger partial charge on any atom is 0.338 e. The largest absolute Gasteiger partial charge is 0.449 e. The first-order valence-corrected chi connectivity index (χ1v) is 7.49. The van der Waals surface area contributed by atoms with Crippen molar-refractivity contribution in [2.24, 2.45) is 0 Å². The molecule has 1 heterocycles. The highest BCUT2D eigenvalue weighted by Crippen LogP contribution is 2.24. The van der Waals surface area contributed by atoms with E-state index in [4.69, 9.17) is 9.15 Å². The normalized spacial score (nSPS) is 11.8. The lowest BCUT2D eigenvalue weighted by Gasteiger charge is -2.09. The number of nitro groups is 1. The summed E-state index contributed by atoms with van der Waals surface area (Å²) in [6, 6.07) is 10.5. The van der Waals surface area contributed by atoms with Gasteiger partial charge in [0.2, 0.25) is 5.89 Å². The van der Waals surface area contributed by atoms with Gasteiger partial charge in [0.25, 0.3) is 11.6 Å². The van der Waals surface area contributed by atoms with E-state index in [1.165, 1.54) is 36.4 Å². The number of non-ortho nitro benzene ring substituents is 1. The standard InChI is InChI=1S/C17H12FN3O5/c1-10(25-17(22)12-2-6-13(18)7-3-12)15-19-20-16(26-15)11-4-8-14(9-5-11)21(23)24/h2-10H,1H3/t10-/m1/s1. The number of ether oxygens (including phenoxy) is 1. The number of nitro benzene ring substituents is 1. The number of carbonyl (C=O) groups is 1. The van der Waals surface area contributed by atoms with E-state index >= 15 is 0 Å². The fourth-order valence-corrected chi connectivity index (χ4v) is 2.11. The summed E-state index contributed by atoms with van der Waals surface area (Å²) in [4.78, 5) is 22.2. The summed E-state index contributed by atoms with van der Waals surface area (Å²) in [5.41, 5.74) is 0.620. The van der Waals surface area contributed by atoms with Gasteiger partial charge in [0.05, 0.1) is 10.5 Å². The molecule has 3 aromatic rings. The zero-order chi connectivity index (χ0) is 18.7. The maximum atomic E-state index is 12.9. The summed E-state index contributed by atoms with van der Waals surface area (Å²) in [6.07, 6.45) is -0.827. The Bertz CT molecular complexity index is 938. The lowest BCUT2D eigenvalue weighted by Crippen LogP contribution is -2.09. The van der Waals surface area contributed by atoms with Crippen molar-refractivity contribution in [1.82, 2.24) is 10.2 Å². The lowest BCUT2D eigenvalue weighted by molar-refractivity contribution is -0.384. The average Bonchev–Trinajstić information content (AvgIpc) is 3.12. The minimum Gasteiger partial charge on any atom is -0.449 e. The van der Waals surface area contributed by atoms with E-state index < -0.39 is 22.8 Å². The predicted molar refractivity (Wildman–Crippen MR) is 86.6 cm³/mol. The van der Waals surface area contributed by atoms with Crippen LogP contribution in [0.25, 0.3) is 11.5 Å². The van der Waals surface area contributed by atoms with Crippen LogP contribution in [0.3, 0.4) is 0 Å². The smallest absolute Gasteiger partial charge is 0.338 e. The van der Waals surface area contributed by atoms with Crippen LogP contribution in [-0.4, -0.2) is 21.1 Å². The van der Waals surface area contributed by atoms with Crippen LogP contribution in [0.2, 0.25) is 0 Å². The number of carbonyl (C=O) groups excluding carboxylic acids is 1. The second-order valence-electron chi connectivity index (χ2n) is 5.30. The Balaban J connectivity index is 1.71. The van der Waals surface area contributed by atoms with Crippen molar-refractivity contribution in [3.63, 3.8) is 0 Å². The molecule has 9 heteroatoms. The first-order valence-electron chi connectivity index (χ1n) is 7.49. The number of halogens is 1. The lowest BCUT2D eigenvalue weighted by atomic mass is 10.2. The first kappa shape index (κ1) is 17.2. The summed E-state index contributed by atoms with van der Waals surface area (Å²) in [5.74, 6) is -0.916. The van der Waals surface area contributed by atoms with Crippen molar-refractivity contribution in [3.8, 4) is 11.5 Å². The van der Waals surface area contributed by atoms with E-state index in [9.17, 15) is 19.3 Å². The first-order chi connectivity index (χ1) is 12.4. The van der Waals surface area contributed by atoms with Gasteiger partial charge in [-0.25, -0.2) is 9.18 Å². The van der Waals surface area contributed by atoms with E-state index in [0.717, 1.165) is 12.1 Å². The Hall–Kier alpha value is -3.62. The van der Waals surface area contributed by atoms with Crippen LogP contribution in [-0.2, 0) is 4.74 Å². The number of nitrogens with zero attached hydrogens (tertiary/aromatic N) is 3. The molecule has 26 heavy (non-hydrogen) atoms. The van der Waals surface area contributed by atoms with Gasteiger partial charge in [0, 0.05) is 17.7 Å². The Labute approximate surface area is 146 Å². The zero-order valence-electron chi connectivity index (χ0n) is 13.5. The molecule has 2 aromatic carbocycles. The van der Waals surface area contributed by atoms with Crippen molar-refractivity contribution < 1.29 is 23.3 Å². The SMILES string of the molecule is C[C@@H](OC(=O)c1ccc(F)cc1)c1nnc(-c2ccc([N+](=O)[O-])cc2)o1. The summed E-state index contributed by atoms with van der Waals surface area (Å²) in [6.45, 7) is 1.55. The third-order valence-electron chi connectivity index (χ3n) is 3.48. The number of aromatic nitrogens is 2. The van der Waals surface area contributed by atoms with Gasteiger partial charge >= 0.3 is 5.97 Å². The fraction of sp³-hybridized carbons (Fsp3) is 0.118. The Morgan fingerprint density at radius 1 is 1.15 bits per heavy atom. The highest BCUT2D eigenvalue weighted by molar-refractivity contribution is 5.89. The molecule has 0 saturated heterocycles. The van der Waals surface area contributed by atoms with Crippen molar-refractivity contribution >= 4 is 11.7 Å². The topological polar surface area (TPSA) is 108 Å². The van der Waals surface area contributed by atoms with Gasteiger partial charge in [0.1, 0.15) is 5.82 Å².